The summed E-state index contributed by atoms with van der Waals surface area (Å²) in [6, 6.07) is 0. The van der Waals surface area contributed by atoms with Gasteiger partial charge in [0.15, 0.2) is 0 Å². The van der Waals surface area contributed by atoms with Crippen LogP contribution in [-0.4, -0.2) is 37.7 Å². The fourth-order valence-corrected chi connectivity index (χ4v) is 16.6. The molecule has 0 aromatic heterocycles. The fourth-order valence-electron chi connectivity index (χ4n) is 0.790. The summed E-state index contributed by atoms with van der Waals surface area (Å²) in [6.07, 6.45) is 0. The van der Waals surface area contributed by atoms with Gasteiger partial charge in [0.05, 0.1) is 0 Å². The molecule has 0 unspecified atom stereocenters. The quantitative estimate of drug-likeness (QED) is 0.743. The van der Waals surface area contributed by atoms with Gasteiger partial charge in [-0.15, -0.1) is 0 Å². The normalized spacial score (nSPS) is 14.0. The molecular formula is C7H21O2SbSi2. The Labute approximate surface area is 87.0 Å². The molecule has 0 heterocycles. The Morgan fingerprint density at radius 2 is 1.00 bits per heavy atom. The summed E-state index contributed by atoms with van der Waals surface area (Å²) in [5.74, 6) is 0. The van der Waals surface area contributed by atoms with Crippen molar-refractivity contribution in [2.24, 2.45) is 0 Å². The monoisotopic (exact) mass is 314 g/mol. The van der Waals surface area contributed by atoms with Gasteiger partial charge < -0.3 is 0 Å². The molecule has 0 aliphatic carbocycles. The molecule has 12 heavy (non-hydrogen) atoms. The number of rotatable bonds is 4. The van der Waals surface area contributed by atoms with E-state index >= 15 is 0 Å². The third-order valence-electron chi connectivity index (χ3n) is 0.805. The molecule has 0 saturated heterocycles. The standard InChI is InChI=1S/2C3H9OSi.CH3.Sb/c2*1-5(2,3)4;;/h2*1-3H3;1H3;/q2*-1;;+2. The summed E-state index contributed by atoms with van der Waals surface area (Å²) in [5, 5.41) is 0. The van der Waals surface area contributed by atoms with Crippen molar-refractivity contribution in [1.82, 2.24) is 0 Å². The van der Waals surface area contributed by atoms with E-state index in [0.29, 0.717) is 0 Å². The average Bonchev–Trinajstić information content (AvgIpc) is 1.49. The zero-order valence-corrected chi connectivity index (χ0v) is 13.8. The van der Waals surface area contributed by atoms with Gasteiger partial charge in [0, 0.05) is 0 Å². The molecule has 0 aromatic rings. The second kappa shape index (κ2) is 4.60. The second-order valence-corrected chi connectivity index (χ2v) is 19.3. The van der Waals surface area contributed by atoms with Crippen molar-refractivity contribution in [1.29, 1.82) is 0 Å². The minimum atomic E-state index is -1.75. The zero-order chi connectivity index (χ0) is 9.99. The summed E-state index contributed by atoms with van der Waals surface area (Å²) in [6.45, 7) is 13.3. The van der Waals surface area contributed by atoms with Crippen LogP contribution in [0.2, 0.25) is 44.2 Å². The fraction of sp³-hybridized carbons (Fsp3) is 1.00. The first kappa shape index (κ1) is 13.2. The van der Waals surface area contributed by atoms with Gasteiger partial charge in [0.2, 0.25) is 0 Å². The van der Waals surface area contributed by atoms with Crippen LogP contribution >= 0.6 is 0 Å². The molecule has 0 aromatic carbocycles. The van der Waals surface area contributed by atoms with E-state index in [-0.39, 0.29) is 0 Å². The second-order valence-electron chi connectivity index (χ2n) is 4.85. The Kier molecular flexibility index (Phi) is 5.05. The van der Waals surface area contributed by atoms with Gasteiger partial charge in [-0.2, -0.15) is 0 Å². The molecule has 0 aliphatic heterocycles. The Hall–Kier alpha value is 1.17. The Morgan fingerprint density at radius 1 is 0.750 bits per heavy atom. The van der Waals surface area contributed by atoms with E-state index in [2.05, 4.69) is 44.2 Å². The van der Waals surface area contributed by atoms with E-state index in [9.17, 15) is 0 Å². The molecule has 74 valence electrons. The topological polar surface area (TPSA) is 18.5 Å². The van der Waals surface area contributed by atoms with Crippen LogP contribution in [0.25, 0.3) is 0 Å². The number of hydrogen-bond acceptors (Lipinski definition) is 2. The molecule has 0 saturated carbocycles. The van der Waals surface area contributed by atoms with Crippen LogP contribution in [0.1, 0.15) is 0 Å². The van der Waals surface area contributed by atoms with E-state index < -0.39 is 37.7 Å². The van der Waals surface area contributed by atoms with Gasteiger partial charge in [0.1, 0.15) is 0 Å². The molecule has 2 nitrogen and oxygen atoms in total. The average molecular weight is 315 g/mol. The molecule has 0 radical (unpaired) electrons. The first-order valence-corrected chi connectivity index (χ1v) is 15.7. The molecule has 0 atom stereocenters. The Morgan fingerprint density at radius 3 is 1.17 bits per heavy atom. The molecule has 0 N–H and O–H groups in total. The van der Waals surface area contributed by atoms with Crippen molar-refractivity contribution in [3.05, 3.63) is 0 Å². The molecule has 0 spiro atoms. The molecule has 0 bridgehead atoms. The summed E-state index contributed by atoms with van der Waals surface area (Å²) in [7, 11) is -2.68. The van der Waals surface area contributed by atoms with E-state index in [1.54, 1.807) is 0 Å². The van der Waals surface area contributed by atoms with Crippen molar-refractivity contribution in [3.63, 3.8) is 0 Å². The third kappa shape index (κ3) is 9.26. The van der Waals surface area contributed by atoms with Crippen molar-refractivity contribution in [3.8, 4) is 0 Å². The van der Waals surface area contributed by atoms with Crippen LogP contribution in [-0.2, 0) is 5.41 Å². The van der Waals surface area contributed by atoms with Crippen LogP contribution < -0.4 is 0 Å². The van der Waals surface area contributed by atoms with Gasteiger partial charge in [-0.1, -0.05) is 0 Å². The van der Waals surface area contributed by atoms with Gasteiger partial charge in [-0.3, -0.25) is 0 Å². The van der Waals surface area contributed by atoms with Crippen LogP contribution in [0.15, 0.2) is 0 Å². The van der Waals surface area contributed by atoms with Gasteiger partial charge in [-0.25, -0.2) is 0 Å². The van der Waals surface area contributed by atoms with Crippen molar-refractivity contribution < 1.29 is 5.41 Å². The van der Waals surface area contributed by atoms with Crippen molar-refractivity contribution in [2.45, 2.75) is 44.2 Å². The van der Waals surface area contributed by atoms with Crippen LogP contribution in [0.3, 0.4) is 0 Å². The molecular weight excluding hydrogens is 294 g/mol. The number of hydrogen-bond donors (Lipinski definition) is 0. The van der Waals surface area contributed by atoms with Crippen LogP contribution in [0.5, 0.6) is 0 Å². The maximum absolute atomic E-state index is 5.95. The summed E-state index contributed by atoms with van der Waals surface area (Å²) in [4.78, 5) is 2.18. The van der Waals surface area contributed by atoms with E-state index in [1.165, 1.54) is 0 Å². The molecule has 0 aliphatic rings. The van der Waals surface area contributed by atoms with Crippen molar-refractivity contribution >= 4 is 37.7 Å². The maximum atomic E-state index is 5.95. The van der Waals surface area contributed by atoms with Crippen LogP contribution in [0, 0.1) is 0 Å². The van der Waals surface area contributed by atoms with Gasteiger partial charge >= 0.3 is 87.2 Å². The van der Waals surface area contributed by atoms with E-state index in [4.69, 9.17) is 5.41 Å². The van der Waals surface area contributed by atoms with Gasteiger partial charge in [-0.05, 0) is 0 Å². The summed E-state index contributed by atoms with van der Waals surface area (Å²) >= 11 is -1.75. The molecule has 0 fully saturated rings. The van der Waals surface area contributed by atoms with Crippen LogP contribution in [0.4, 0.5) is 0 Å². The SMILES string of the molecule is [CH3][Sb]([O][Si](C)(C)C)[O][Si](C)(C)C. The first-order valence-electron chi connectivity index (χ1n) is 4.22. The van der Waals surface area contributed by atoms with E-state index in [1.807, 2.05) is 0 Å². The van der Waals surface area contributed by atoms with E-state index in [0.717, 1.165) is 0 Å². The summed E-state index contributed by atoms with van der Waals surface area (Å²) < 4.78 is 11.9. The molecule has 0 amide bonds. The first-order chi connectivity index (χ1) is 5.10. The van der Waals surface area contributed by atoms with Crippen molar-refractivity contribution in [2.75, 3.05) is 0 Å². The van der Waals surface area contributed by atoms with Gasteiger partial charge in [0.25, 0.3) is 0 Å². The molecule has 5 heteroatoms. The Balaban J connectivity index is 3.83. The summed E-state index contributed by atoms with van der Waals surface area (Å²) in [5.41, 5.74) is 0. The predicted molar refractivity (Wildman–Crippen MR) is 60.5 cm³/mol. The Bertz CT molecular complexity index is 123. The third-order valence-corrected chi connectivity index (χ3v) is 16.2. The predicted octanol–water partition coefficient (Wildman–Crippen LogP) is 2.81. The molecule has 0 rings (SSSR count). The minimum absolute atomic E-state index is 1.34. The zero-order valence-electron chi connectivity index (χ0n) is 9.26.